The SMILES string of the molecule is CC[C@H](C(=O)N(Cc1cc(NC(=O)CC(C)(C)C)ccc1N(C)C)[C@H](C)C(C)C)c1ccccc1. The fourth-order valence-electron chi connectivity index (χ4n) is 4.32. The van der Waals surface area contributed by atoms with Crippen LogP contribution in [-0.4, -0.2) is 36.9 Å². The minimum atomic E-state index is -0.185. The van der Waals surface area contributed by atoms with E-state index in [4.69, 9.17) is 0 Å². The first-order valence-electron chi connectivity index (χ1n) is 12.8. The van der Waals surface area contributed by atoms with Crippen molar-refractivity contribution in [1.82, 2.24) is 4.90 Å². The second-order valence-corrected chi connectivity index (χ2v) is 11.3. The molecule has 0 fully saturated rings. The van der Waals surface area contributed by atoms with Crippen LogP contribution in [0.2, 0.25) is 0 Å². The fourth-order valence-corrected chi connectivity index (χ4v) is 4.32. The van der Waals surface area contributed by atoms with Crippen LogP contribution in [0.25, 0.3) is 0 Å². The molecule has 2 amide bonds. The largest absolute Gasteiger partial charge is 0.377 e. The zero-order chi connectivity index (χ0) is 26.3. The second kappa shape index (κ2) is 12.2. The number of amides is 2. The van der Waals surface area contributed by atoms with Gasteiger partial charge in [-0.15, -0.1) is 0 Å². The molecule has 0 heterocycles. The molecule has 2 atom stereocenters. The number of carbonyl (C=O) groups excluding carboxylic acids is 2. The standard InChI is InChI=1S/C30H45N3O2/c1-10-26(23-14-12-11-13-15-23)29(35)33(22(4)21(2)3)20-24-18-25(16-17-27(24)32(8)9)31-28(34)19-30(5,6)7/h11-18,21-22,26H,10,19-20H2,1-9H3,(H,31,34)/t22-,26+/m1/s1. The van der Waals surface area contributed by atoms with E-state index in [9.17, 15) is 9.59 Å². The van der Waals surface area contributed by atoms with Crippen LogP contribution in [0.3, 0.4) is 0 Å². The van der Waals surface area contributed by atoms with Gasteiger partial charge in [-0.1, -0.05) is 71.9 Å². The number of nitrogens with one attached hydrogen (secondary N) is 1. The van der Waals surface area contributed by atoms with Crippen LogP contribution in [-0.2, 0) is 16.1 Å². The first-order chi connectivity index (χ1) is 16.3. The molecule has 0 saturated carbocycles. The van der Waals surface area contributed by atoms with Gasteiger partial charge < -0.3 is 15.1 Å². The highest BCUT2D eigenvalue weighted by molar-refractivity contribution is 5.91. The zero-order valence-electron chi connectivity index (χ0n) is 23.2. The summed E-state index contributed by atoms with van der Waals surface area (Å²) in [5.41, 5.74) is 3.79. The van der Waals surface area contributed by atoms with Crippen molar-refractivity contribution in [2.24, 2.45) is 11.3 Å². The quantitative estimate of drug-likeness (QED) is 0.413. The van der Waals surface area contributed by atoms with Gasteiger partial charge in [0.25, 0.3) is 0 Å². The molecule has 2 aromatic carbocycles. The van der Waals surface area contributed by atoms with Crippen molar-refractivity contribution in [2.75, 3.05) is 24.3 Å². The van der Waals surface area contributed by atoms with E-state index >= 15 is 0 Å². The van der Waals surface area contributed by atoms with Crippen LogP contribution < -0.4 is 10.2 Å². The minimum absolute atomic E-state index is 0.000316. The van der Waals surface area contributed by atoms with Gasteiger partial charge in [0.05, 0.1) is 5.92 Å². The Bertz CT molecular complexity index is 977. The van der Waals surface area contributed by atoms with Crippen molar-refractivity contribution < 1.29 is 9.59 Å². The van der Waals surface area contributed by atoms with Gasteiger partial charge in [-0.3, -0.25) is 9.59 Å². The topological polar surface area (TPSA) is 52.7 Å². The van der Waals surface area contributed by atoms with Gasteiger partial charge in [0.1, 0.15) is 0 Å². The molecule has 0 radical (unpaired) electrons. The number of rotatable bonds is 10. The Labute approximate surface area is 212 Å². The van der Waals surface area contributed by atoms with Crippen LogP contribution >= 0.6 is 0 Å². The van der Waals surface area contributed by atoms with Crippen molar-refractivity contribution in [3.8, 4) is 0 Å². The van der Waals surface area contributed by atoms with Gasteiger partial charge in [-0.25, -0.2) is 0 Å². The lowest BCUT2D eigenvalue weighted by atomic mass is 9.92. The van der Waals surface area contributed by atoms with Crippen LogP contribution in [0.15, 0.2) is 48.5 Å². The van der Waals surface area contributed by atoms with Crippen molar-refractivity contribution >= 4 is 23.2 Å². The first-order valence-corrected chi connectivity index (χ1v) is 12.8. The zero-order valence-corrected chi connectivity index (χ0v) is 23.2. The number of benzene rings is 2. The van der Waals surface area contributed by atoms with E-state index in [0.29, 0.717) is 18.9 Å². The highest BCUT2D eigenvalue weighted by Crippen LogP contribution is 2.30. The third-order valence-electron chi connectivity index (χ3n) is 6.52. The van der Waals surface area contributed by atoms with E-state index in [1.54, 1.807) is 0 Å². The van der Waals surface area contributed by atoms with Gasteiger partial charge in [-0.2, -0.15) is 0 Å². The predicted molar refractivity (Wildman–Crippen MR) is 148 cm³/mol. The lowest BCUT2D eigenvalue weighted by Gasteiger charge is -2.36. The Balaban J connectivity index is 2.43. The molecule has 35 heavy (non-hydrogen) atoms. The summed E-state index contributed by atoms with van der Waals surface area (Å²) >= 11 is 0. The van der Waals surface area contributed by atoms with E-state index in [1.807, 2.05) is 67.5 Å². The van der Waals surface area contributed by atoms with Gasteiger partial charge in [0.2, 0.25) is 11.8 Å². The summed E-state index contributed by atoms with van der Waals surface area (Å²) in [4.78, 5) is 30.6. The molecule has 0 saturated heterocycles. The number of anilines is 2. The average molecular weight is 480 g/mol. The normalized spacial score (nSPS) is 13.3. The molecule has 0 unspecified atom stereocenters. The molecule has 0 aromatic heterocycles. The van der Waals surface area contributed by atoms with Crippen molar-refractivity contribution in [1.29, 1.82) is 0 Å². The molecule has 0 aliphatic carbocycles. The van der Waals surface area contributed by atoms with Crippen LogP contribution in [0.5, 0.6) is 0 Å². The van der Waals surface area contributed by atoms with Crippen molar-refractivity contribution in [2.45, 2.75) is 79.8 Å². The first kappa shape index (κ1) is 28.4. The molecule has 0 bridgehead atoms. The Kier molecular flexibility index (Phi) is 9.93. The monoisotopic (exact) mass is 479 g/mol. The van der Waals surface area contributed by atoms with Gasteiger partial charge in [0.15, 0.2) is 0 Å². The minimum Gasteiger partial charge on any atom is -0.377 e. The summed E-state index contributed by atoms with van der Waals surface area (Å²) in [7, 11) is 4.01. The average Bonchev–Trinajstić information content (AvgIpc) is 2.76. The maximum atomic E-state index is 14.0. The van der Waals surface area contributed by atoms with Gasteiger partial charge in [-0.05, 0) is 54.0 Å². The van der Waals surface area contributed by atoms with Crippen LogP contribution in [0, 0.1) is 11.3 Å². The van der Waals surface area contributed by atoms with Gasteiger partial charge in [0, 0.05) is 44.5 Å². The Morgan fingerprint density at radius 1 is 0.971 bits per heavy atom. The van der Waals surface area contributed by atoms with E-state index in [2.05, 4.69) is 58.7 Å². The van der Waals surface area contributed by atoms with E-state index < -0.39 is 0 Å². The number of hydrogen-bond donors (Lipinski definition) is 1. The third kappa shape index (κ3) is 8.12. The Hall–Kier alpha value is -2.82. The molecule has 0 spiro atoms. The van der Waals surface area contributed by atoms with Crippen LogP contribution in [0.1, 0.15) is 78.4 Å². The lowest BCUT2D eigenvalue weighted by molar-refractivity contribution is -0.136. The number of carbonyl (C=O) groups is 2. The summed E-state index contributed by atoms with van der Waals surface area (Å²) in [6.07, 6.45) is 1.19. The molecule has 2 aromatic rings. The Morgan fingerprint density at radius 3 is 2.11 bits per heavy atom. The van der Waals surface area contributed by atoms with Crippen LogP contribution in [0.4, 0.5) is 11.4 Å². The molecule has 0 aliphatic rings. The highest BCUT2D eigenvalue weighted by atomic mass is 16.2. The summed E-state index contributed by atoms with van der Waals surface area (Å²) in [5, 5.41) is 3.06. The summed E-state index contributed by atoms with van der Waals surface area (Å²) in [6, 6.07) is 16.1. The summed E-state index contributed by atoms with van der Waals surface area (Å²) in [6.45, 7) is 15.2. The third-order valence-corrected chi connectivity index (χ3v) is 6.52. The smallest absolute Gasteiger partial charge is 0.230 e. The molecular weight excluding hydrogens is 434 g/mol. The maximum absolute atomic E-state index is 14.0. The molecule has 192 valence electrons. The van der Waals surface area contributed by atoms with E-state index in [1.165, 1.54) is 0 Å². The predicted octanol–water partition coefficient (Wildman–Crippen LogP) is 6.69. The maximum Gasteiger partial charge on any atom is 0.230 e. The van der Waals surface area contributed by atoms with E-state index in [-0.39, 0.29) is 29.2 Å². The highest BCUT2D eigenvalue weighted by Gasteiger charge is 2.30. The molecule has 0 aliphatic heterocycles. The summed E-state index contributed by atoms with van der Waals surface area (Å²) in [5.74, 6) is 0.269. The lowest BCUT2D eigenvalue weighted by Crippen LogP contribution is -2.43. The summed E-state index contributed by atoms with van der Waals surface area (Å²) < 4.78 is 0. The Morgan fingerprint density at radius 2 is 1.60 bits per heavy atom. The molecule has 5 nitrogen and oxygen atoms in total. The van der Waals surface area contributed by atoms with Gasteiger partial charge >= 0.3 is 0 Å². The molecule has 5 heteroatoms. The van der Waals surface area contributed by atoms with Crippen molar-refractivity contribution in [3.63, 3.8) is 0 Å². The molecular formula is C30H45N3O2. The molecule has 2 rings (SSSR count). The number of nitrogens with zero attached hydrogens (tertiary/aromatic N) is 2. The fraction of sp³-hybridized carbons (Fsp3) is 0.533. The molecule has 1 N–H and O–H groups in total. The van der Waals surface area contributed by atoms with Crippen molar-refractivity contribution in [3.05, 3.63) is 59.7 Å². The number of hydrogen-bond acceptors (Lipinski definition) is 3. The second-order valence-electron chi connectivity index (χ2n) is 11.3. The van der Waals surface area contributed by atoms with E-state index in [0.717, 1.165) is 28.9 Å².